The van der Waals surface area contributed by atoms with Crippen LogP contribution in [0.25, 0.3) is 0 Å². The zero-order chi connectivity index (χ0) is 20.8. The molecule has 1 heterocycles. The lowest BCUT2D eigenvalue weighted by Gasteiger charge is -2.18. The maximum absolute atomic E-state index is 12.9. The highest BCUT2D eigenvalue weighted by Crippen LogP contribution is 2.29. The number of amides is 1. The third kappa shape index (κ3) is 5.01. The van der Waals surface area contributed by atoms with Gasteiger partial charge in [0, 0.05) is 25.4 Å². The summed E-state index contributed by atoms with van der Waals surface area (Å²) in [5.41, 5.74) is 2.62. The van der Waals surface area contributed by atoms with Crippen molar-refractivity contribution in [2.24, 2.45) is 0 Å². The molecule has 0 saturated carbocycles. The molecule has 3 aromatic rings. The first-order valence-electron chi connectivity index (χ1n) is 9.14. The number of hydrogen-bond donors (Lipinski definition) is 1. The van der Waals surface area contributed by atoms with E-state index in [1.165, 1.54) is 0 Å². The SMILES string of the molecule is COc1ccc(OC)c(NC(=O)c2cc(C)nc(N(C)Cc3ccccc3)n2)c1. The van der Waals surface area contributed by atoms with Crippen molar-refractivity contribution in [3.05, 3.63) is 71.5 Å². The summed E-state index contributed by atoms with van der Waals surface area (Å²) in [5, 5.41) is 2.84. The molecule has 29 heavy (non-hydrogen) atoms. The van der Waals surface area contributed by atoms with Gasteiger partial charge < -0.3 is 19.7 Å². The van der Waals surface area contributed by atoms with E-state index in [1.54, 1.807) is 38.5 Å². The molecule has 1 aromatic heterocycles. The smallest absolute Gasteiger partial charge is 0.274 e. The third-order valence-corrected chi connectivity index (χ3v) is 4.33. The van der Waals surface area contributed by atoms with Gasteiger partial charge in [-0.15, -0.1) is 0 Å². The quantitative estimate of drug-likeness (QED) is 0.661. The molecule has 3 rings (SSSR count). The Hall–Kier alpha value is -3.61. The van der Waals surface area contributed by atoms with Crippen LogP contribution in [0.4, 0.5) is 11.6 Å². The summed E-state index contributed by atoms with van der Waals surface area (Å²) in [6, 6.07) is 16.9. The summed E-state index contributed by atoms with van der Waals surface area (Å²) in [5.74, 6) is 1.28. The molecule has 1 amide bonds. The molecule has 0 bridgehead atoms. The van der Waals surface area contributed by atoms with E-state index < -0.39 is 0 Å². The first kappa shape index (κ1) is 20.1. The maximum Gasteiger partial charge on any atom is 0.274 e. The van der Waals surface area contributed by atoms with E-state index in [9.17, 15) is 4.79 Å². The number of aryl methyl sites for hydroxylation is 1. The van der Waals surface area contributed by atoms with Gasteiger partial charge in [0.1, 0.15) is 17.2 Å². The standard InChI is InChI=1S/C22H24N4O3/c1-15-12-19(21(27)24-18-13-17(28-3)10-11-20(18)29-4)25-22(23-15)26(2)14-16-8-6-5-7-9-16/h5-13H,14H2,1-4H3,(H,24,27). The number of nitrogens with zero attached hydrogens (tertiary/aromatic N) is 3. The Morgan fingerprint density at radius 3 is 2.48 bits per heavy atom. The molecule has 7 nitrogen and oxygen atoms in total. The Labute approximate surface area is 170 Å². The number of aromatic nitrogens is 2. The van der Waals surface area contributed by atoms with Gasteiger partial charge >= 0.3 is 0 Å². The highest BCUT2D eigenvalue weighted by Gasteiger charge is 2.16. The predicted molar refractivity (Wildman–Crippen MR) is 113 cm³/mol. The van der Waals surface area contributed by atoms with Crippen molar-refractivity contribution in [3.63, 3.8) is 0 Å². The number of hydrogen-bond acceptors (Lipinski definition) is 6. The van der Waals surface area contributed by atoms with Gasteiger partial charge in [0.2, 0.25) is 5.95 Å². The molecule has 0 aliphatic rings. The average molecular weight is 392 g/mol. The van der Waals surface area contributed by atoms with Crippen molar-refractivity contribution in [2.45, 2.75) is 13.5 Å². The summed E-state index contributed by atoms with van der Waals surface area (Å²) in [7, 11) is 5.01. The first-order valence-corrected chi connectivity index (χ1v) is 9.14. The topological polar surface area (TPSA) is 76.6 Å². The molecule has 7 heteroatoms. The van der Waals surface area contributed by atoms with E-state index in [0.717, 1.165) is 5.56 Å². The Kier molecular flexibility index (Phi) is 6.29. The molecular formula is C22H24N4O3. The van der Waals surface area contributed by atoms with E-state index in [-0.39, 0.29) is 11.6 Å². The fourth-order valence-electron chi connectivity index (χ4n) is 2.87. The highest BCUT2D eigenvalue weighted by atomic mass is 16.5. The van der Waals surface area contributed by atoms with Crippen molar-refractivity contribution in [3.8, 4) is 11.5 Å². The number of ether oxygens (including phenoxy) is 2. The summed E-state index contributed by atoms with van der Waals surface area (Å²) in [4.78, 5) is 23.7. The second kappa shape index (κ2) is 9.05. The van der Waals surface area contributed by atoms with Crippen LogP contribution in [0.3, 0.4) is 0 Å². The second-order valence-corrected chi connectivity index (χ2v) is 6.56. The van der Waals surface area contributed by atoms with E-state index in [2.05, 4.69) is 15.3 Å². The zero-order valence-corrected chi connectivity index (χ0v) is 17.0. The van der Waals surface area contributed by atoms with Gasteiger partial charge in [0.25, 0.3) is 5.91 Å². The maximum atomic E-state index is 12.9. The number of nitrogens with one attached hydrogen (secondary N) is 1. The van der Waals surface area contributed by atoms with Crippen LogP contribution >= 0.6 is 0 Å². The predicted octanol–water partition coefficient (Wildman–Crippen LogP) is 3.69. The minimum atomic E-state index is -0.351. The summed E-state index contributed by atoms with van der Waals surface area (Å²) < 4.78 is 10.6. The van der Waals surface area contributed by atoms with Gasteiger partial charge in [-0.05, 0) is 30.7 Å². The monoisotopic (exact) mass is 392 g/mol. The van der Waals surface area contributed by atoms with Crippen LogP contribution < -0.4 is 19.7 Å². The molecule has 0 atom stereocenters. The lowest BCUT2D eigenvalue weighted by Crippen LogP contribution is -2.22. The molecule has 150 valence electrons. The van der Waals surface area contributed by atoms with Crippen LogP contribution in [0, 0.1) is 6.92 Å². The molecule has 0 fully saturated rings. The van der Waals surface area contributed by atoms with Crippen molar-refractivity contribution in [2.75, 3.05) is 31.5 Å². The summed E-state index contributed by atoms with van der Waals surface area (Å²) in [6.07, 6.45) is 0. The fraction of sp³-hybridized carbons (Fsp3) is 0.227. The Morgan fingerprint density at radius 2 is 1.79 bits per heavy atom. The number of benzene rings is 2. The lowest BCUT2D eigenvalue weighted by molar-refractivity contribution is 0.102. The molecule has 0 aliphatic heterocycles. The first-order chi connectivity index (χ1) is 14.0. The normalized spacial score (nSPS) is 10.3. The van der Waals surface area contributed by atoms with Crippen molar-refractivity contribution in [1.29, 1.82) is 0 Å². The van der Waals surface area contributed by atoms with Crippen LogP contribution in [-0.4, -0.2) is 37.1 Å². The molecule has 0 radical (unpaired) electrons. The zero-order valence-electron chi connectivity index (χ0n) is 17.0. The van der Waals surface area contributed by atoms with Crippen LogP contribution in [-0.2, 0) is 6.54 Å². The van der Waals surface area contributed by atoms with E-state index in [4.69, 9.17) is 9.47 Å². The van der Waals surface area contributed by atoms with Crippen molar-refractivity contribution >= 4 is 17.5 Å². The molecule has 1 N–H and O–H groups in total. The number of carbonyl (C=O) groups excluding carboxylic acids is 1. The van der Waals surface area contributed by atoms with Crippen LogP contribution in [0.5, 0.6) is 11.5 Å². The second-order valence-electron chi connectivity index (χ2n) is 6.56. The lowest BCUT2D eigenvalue weighted by atomic mass is 10.2. The molecule has 2 aromatic carbocycles. The molecule has 0 spiro atoms. The number of methoxy groups -OCH3 is 2. The Bertz CT molecular complexity index is 993. The minimum absolute atomic E-state index is 0.275. The van der Waals surface area contributed by atoms with Crippen LogP contribution in [0.1, 0.15) is 21.7 Å². The third-order valence-electron chi connectivity index (χ3n) is 4.33. The Morgan fingerprint density at radius 1 is 1.03 bits per heavy atom. The molecule has 0 unspecified atom stereocenters. The van der Waals surface area contributed by atoms with Crippen LogP contribution in [0.15, 0.2) is 54.6 Å². The largest absolute Gasteiger partial charge is 0.497 e. The van der Waals surface area contributed by atoms with Gasteiger partial charge in [-0.3, -0.25) is 4.79 Å². The van der Waals surface area contributed by atoms with Crippen molar-refractivity contribution < 1.29 is 14.3 Å². The molecular weight excluding hydrogens is 368 g/mol. The Balaban J connectivity index is 1.83. The van der Waals surface area contributed by atoms with Gasteiger partial charge in [-0.1, -0.05) is 30.3 Å². The van der Waals surface area contributed by atoms with Gasteiger partial charge in [-0.2, -0.15) is 0 Å². The number of anilines is 2. The molecule has 0 aliphatic carbocycles. The number of carbonyl (C=O) groups is 1. The average Bonchev–Trinajstić information content (AvgIpc) is 2.73. The van der Waals surface area contributed by atoms with Gasteiger partial charge in [-0.25, -0.2) is 9.97 Å². The van der Waals surface area contributed by atoms with Crippen LogP contribution in [0.2, 0.25) is 0 Å². The fourth-order valence-corrected chi connectivity index (χ4v) is 2.87. The van der Waals surface area contributed by atoms with Gasteiger partial charge in [0.05, 0.1) is 19.9 Å². The summed E-state index contributed by atoms with van der Waals surface area (Å²) in [6.45, 7) is 2.47. The van der Waals surface area contributed by atoms with Crippen molar-refractivity contribution in [1.82, 2.24) is 9.97 Å². The highest BCUT2D eigenvalue weighted by molar-refractivity contribution is 6.04. The van der Waals surface area contributed by atoms with E-state index in [0.29, 0.717) is 35.4 Å². The summed E-state index contributed by atoms with van der Waals surface area (Å²) >= 11 is 0. The van der Waals surface area contributed by atoms with E-state index in [1.807, 2.05) is 49.2 Å². The molecule has 0 saturated heterocycles. The van der Waals surface area contributed by atoms with Gasteiger partial charge in [0.15, 0.2) is 0 Å². The minimum Gasteiger partial charge on any atom is -0.497 e. The number of rotatable bonds is 7. The van der Waals surface area contributed by atoms with E-state index >= 15 is 0 Å².